The lowest BCUT2D eigenvalue weighted by Gasteiger charge is -2.07. The largest absolute Gasteiger partial charge is 0.465 e. The first-order valence-corrected chi connectivity index (χ1v) is 4.75. The van der Waals surface area contributed by atoms with E-state index in [0.29, 0.717) is 6.07 Å². The van der Waals surface area contributed by atoms with Gasteiger partial charge in [0, 0.05) is 0 Å². The predicted octanol–water partition coefficient (Wildman–Crippen LogP) is 2.49. The topological polar surface area (TPSA) is 39.2 Å². The molecule has 1 aromatic heterocycles. The lowest BCUT2D eigenvalue weighted by Crippen LogP contribution is -2.12. The lowest BCUT2D eigenvalue weighted by atomic mass is 10.2. The van der Waals surface area contributed by atoms with Gasteiger partial charge in [0.25, 0.3) is 0 Å². The molecule has 7 heteroatoms. The van der Waals surface area contributed by atoms with Crippen molar-refractivity contribution in [3.8, 4) is 0 Å². The zero-order valence-electron chi connectivity index (χ0n) is 7.43. The fourth-order valence-electron chi connectivity index (χ4n) is 0.878. The molecule has 3 nitrogen and oxygen atoms in total. The first kappa shape index (κ1) is 12.2. The van der Waals surface area contributed by atoms with Crippen LogP contribution in [0, 0.1) is 3.70 Å². The number of carbonyl (C=O) groups excluding carboxylic acids is 1. The van der Waals surface area contributed by atoms with Crippen LogP contribution in [-0.2, 0) is 10.9 Å². The van der Waals surface area contributed by atoms with E-state index >= 15 is 0 Å². The van der Waals surface area contributed by atoms with E-state index in [2.05, 4.69) is 9.72 Å². The molecule has 0 amide bonds. The minimum Gasteiger partial charge on any atom is -0.465 e. The van der Waals surface area contributed by atoms with Crippen LogP contribution in [0.1, 0.15) is 16.1 Å². The molecule has 0 aliphatic heterocycles. The number of hydrogen-bond donors (Lipinski definition) is 0. The fourth-order valence-corrected chi connectivity index (χ4v) is 1.47. The van der Waals surface area contributed by atoms with E-state index in [0.717, 1.165) is 7.11 Å². The fraction of sp³-hybridized carbons (Fsp3) is 0.250. The highest BCUT2D eigenvalue weighted by atomic mass is 127. The predicted molar refractivity (Wildman–Crippen MR) is 53.3 cm³/mol. The highest BCUT2D eigenvalue weighted by Gasteiger charge is 2.33. The molecule has 0 unspecified atom stereocenters. The number of nitrogens with zero attached hydrogens (tertiary/aromatic N) is 1. The quantitative estimate of drug-likeness (QED) is 0.451. The highest BCUT2D eigenvalue weighted by Crippen LogP contribution is 2.28. The van der Waals surface area contributed by atoms with Crippen LogP contribution in [0.25, 0.3) is 0 Å². The summed E-state index contributed by atoms with van der Waals surface area (Å²) in [5, 5.41) is 0. The van der Waals surface area contributed by atoms with Gasteiger partial charge in [-0.3, -0.25) is 0 Å². The van der Waals surface area contributed by atoms with Crippen molar-refractivity contribution in [3.63, 3.8) is 0 Å². The number of methoxy groups -OCH3 is 1. The van der Waals surface area contributed by atoms with Gasteiger partial charge in [0.2, 0.25) is 0 Å². The summed E-state index contributed by atoms with van der Waals surface area (Å²) in [6.07, 6.45) is -4.57. The third-order valence-electron chi connectivity index (χ3n) is 1.51. The van der Waals surface area contributed by atoms with Crippen molar-refractivity contribution >= 4 is 28.6 Å². The molecule has 0 saturated heterocycles. The van der Waals surface area contributed by atoms with Gasteiger partial charge in [-0.05, 0) is 34.7 Å². The van der Waals surface area contributed by atoms with Gasteiger partial charge < -0.3 is 4.74 Å². The average Bonchev–Trinajstić information content (AvgIpc) is 2.14. The zero-order chi connectivity index (χ0) is 11.6. The Morgan fingerprint density at radius 2 is 2.07 bits per heavy atom. The number of carbonyl (C=O) groups is 1. The second-order valence-electron chi connectivity index (χ2n) is 2.55. The van der Waals surface area contributed by atoms with Gasteiger partial charge in [0.1, 0.15) is 9.39 Å². The summed E-state index contributed by atoms with van der Waals surface area (Å²) in [5.41, 5.74) is -1.26. The van der Waals surface area contributed by atoms with E-state index in [1.807, 2.05) is 0 Å². The Labute approximate surface area is 96.8 Å². The van der Waals surface area contributed by atoms with E-state index in [-0.39, 0.29) is 9.26 Å². The maximum absolute atomic E-state index is 12.3. The van der Waals surface area contributed by atoms with Crippen LogP contribution in [0.4, 0.5) is 13.2 Å². The van der Waals surface area contributed by atoms with E-state index in [1.54, 1.807) is 22.6 Å². The Kier molecular flexibility index (Phi) is 3.53. The zero-order valence-corrected chi connectivity index (χ0v) is 9.59. The first-order chi connectivity index (χ1) is 6.84. The van der Waals surface area contributed by atoms with Gasteiger partial charge in [0.15, 0.2) is 0 Å². The van der Waals surface area contributed by atoms with Crippen molar-refractivity contribution in [1.82, 2.24) is 4.98 Å². The number of hydrogen-bond acceptors (Lipinski definition) is 3. The molecule has 0 fully saturated rings. The van der Waals surface area contributed by atoms with Gasteiger partial charge >= 0.3 is 12.1 Å². The maximum atomic E-state index is 12.3. The van der Waals surface area contributed by atoms with Crippen molar-refractivity contribution in [2.24, 2.45) is 0 Å². The summed E-state index contributed by atoms with van der Waals surface area (Å²) >= 11 is 1.60. The summed E-state index contributed by atoms with van der Waals surface area (Å²) in [5.74, 6) is -0.819. The average molecular weight is 331 g/mol. The Balaban J connectivity index is 3.23. The van der Waals surface area contributed by atoms with Crippen LogP contribution in [0.3, 0.4) is 0 Å². The van der Waals surface area contributed by atoms with Crippen LogP contribution in [0.2, 0.25) is 0 Å². The smallest absolute Gasteiger partial charge is 0.433 e. The molecular weight excluding hydrogens is 326 g/mol. The Morgan fingerprint density at radius 1 is 1.47 bits per heavy atom. The number of alkyl halides is 3. The number of rotatable bonds is 1. The summed E-state index contributed by atoms with van der Waals surface area (Å²) in [6.45, 7) is 0. The molecule has 0 aliphatic rings. The molecule has 0 N–H and O–H groups in total. The maximum Gasteiger partial charge on any atom is 0.433 e. The van der Waals surface area contributed by atoms with Gasteiger partial charge in [-0.1, -0.05) is 0 Å². The second-order valence-corrected chi connectivity index (χ2v) is 3.66. The third-order valence-corrected chi connectivity index (χ3v) is 2.06. The normalized spacial score (nSPS) is 11.3. The van der Waals surface area contributed by atoms with Crippen molar-refractivity contribution in [2.45, 2.75) is 6.18 Å². The number of halogens is 4. The summed E-state index contributed by atoms with van der Waals surface area (Å²) in [7, 11) is 1.10. The number of esters is 1. The summed E-state index contributed by atoms with van der Waals surface area (Å²) in [4.78, 5) is 14.3. The second kappa shape index (κ2) is 4.33. The van der Waals surface area contributed by atoms with Gasteiger partial charge in [-0.2, -0.15) is 13.2 Å². The molecule has 0 aromatic carbocycles. The summed E-state index contributed by atoms with van der Waals surface area (Å²) in [6, 6.07) is 1.88. The van der Waals surface area contributed by atoms with E-state index in [4.69, 9.17) is 0 Å². The van der Waals surface area contributed by atoms with Gasteiger partial charge in [-0.15, -0.1) is 0 Å². The Bertz CT molecular complexity index is 392. The molecule has 82 valence electrons. The molecule has 15 heavy (non-hydrogen) atoms. The molecule has 1 rings (SSSR count). The van der Waals surface area contributed by atoms with Crippen molar-refractivity contribution in [1.29, 1.82) is 0 Å². The Morgan fingerprint density at radius 3 is 2.53 bits per heavy atom. The first-order valence-electron chi connectivity index (χ1n) is 3.67. The van der Waals surface area contributed by atoms with Crippen molar-refractivity contribution in [2.75, 3.05) is 7.11 Å². The van der Waals surface area contributed by atoms with Crippen LogP contribution < -0.4 is 0 Å². The lowest BCUT2D eigenvalue weighted by molar-refractivity contribution is -0.141. The Hall–Kier alpha value is -0.860. The van der Waals surface area contributed by atoms with E-state index in [1.165, 1.54) is 6.07 Å². The van der Waals surface area contributed by atoms with Crippen LogP contribution >= 0.6 is 22.6 Å². The molecule has 0 saturated carbocycles. The molecule has 0 radical (unpaired) electrons. The van der Waals surface area contributed by atoms with Crippen LogP contribution in [0.15, 0.2) is 12.1 Å². The summed E-state index contributed by atoms with van der Waals surface area (Å²) < 4.78 is 41.3. The molecule has 0 atom stereocenters. The monoisotopic (exact) mass is 331 g/mol. The van der Waals surface area contributed by atoms with Crippen molar-refractivity contribution < 1.29 is 22.7 Å². The molecule has 0 spiro atoms. The minimum atomic E-state index is -4.57. The molecule has 0 bridgehead atoms. The van der Waals surface area contributed by atoms with E-state index < -0.39 is 17.8 Å². The van der Waals surface area contributed by atoms with E-state index in [9.17, 15) is 18.0 Å². The third kappa shape index (κ3) is 3.05. The molecule has 1 heterocycles. The number of aromatic nitrogens is 1. The molecule has 0 aliphatic carbocycles. The number of pyridine rings is 1. The van der Waals surface area contributed by atoms with Gasteiger partial charge in [0.05, 0.1) is 12.7 Å². The van der Waals surface area contributed by atoms with Crippen LogP contribution in [0.5, 0.6) is 0 Å². The molecule has 1 aromatic rings. The van der Waals surface area contributed by atoms with Gasteiger partial charge in [-0.25, -0.2) is 9.78 Å². The SMILES string of the molecule is COC(=O)c1cc(I)nc(C(F)(F)F)c1. The highest BCUT2D eigenvalue weighted by molar-refractivity contribution is 14.1. The van der Waals surface area contributed by atoms with Crippen LogP contribution in [-0.4, -0.2) is 18.1 Å². The minimum absolute atomic E-state index is 0.0859. The standard InChI is InChI=1S/C8H5F3INO2/c1-15-7(14)4-2-5(8(9,10)11)13-6(12)3-4/h2-3H,1H3. The number of ether oxygens (including phenoxy) is 1. The van der Waals surface area contributed by atoms with Crippen molar-refractivity contribution in [3.05, 3.63) is 27.1 Å². The molecular formula is C8H5F3INO2.